The van der Waals surface area contributed by atoms with Crippen LogP contribution in [0.3, 0.4) is 0 Å². The maximum Gasteiger partial charge on any atom is 0.0991 e. The molecule has 0 unspecified atom stereocenters. The normalized spacial score (nSPS) is 11.7. The Morgan fingerprint density at radius 3 is 1.97 bits per heavy atom. The van der Waals surface area contributed by atoms with Crippen LogP contribution in [0, 0.1) is 5.41 Å². The number of hydrogen-bond acceptors (Lipinski definition) is 2. The average Bonchev–Trinajstić information content (AvgIpc) is 2.73. The number of rotatable bonds is 11. The number of allylic oxidation sites excluding steroid dienone is 11. The molecule has 2 nitrogen and oxygen atoms in total. The van der Waals surface area contributed by atoms with Crippen LogP contribution in [0.15, 0.2) is 82.6 Å². The van der Waals surface area contributed by atoms with Gasteiger partial charge in [0.05, 0.1) is 10.9 Å². The zero-order valence-corrected chi connectivity index (χ0v) is 22.1. The molecule has 0 radical (unpaired) electrons. The molecule has 0 heterocycles. The Morgan fingerprint density at radius 1 is 1.03 bits per heavy atom. The standard InChI is InChI=1S/C15H25N.C11H16ClN.C2H6/c1-6-9-11-14(12(4)5)15(16)13(8-3)10-7-2;1-4-10(6-5-9(2)3)7-8-11(12)13;1-2/h7-8,10,16H,6,9,11H2,1-5H3;4,7-8H,1-2,5-6,13H2,3H3;1-2H3/b10-7-,13-8+,16-15?;10-7+,11-8-;. The van der Waals surface area contributed by atoms with Gasteiger partial charge in [0, 0.05) is 0 Å². The first kappa shape index (κ1) is 33.6. The van der Waals surface area contributed by atoms with Crippen LogP contribution >= 0.6 is 11.6 Å². The van der Waals surface area contributed by atoms with Crippen LogP contribution in [0.5, 0.6) is 0 Å². The summed E-state index contributed by atoms with van der Waals surface area (Å²) in [6.07, 6.45) is 16.6. The van der Waals surface area contributed by atoms with Crippen LogP contribution in [-0.2, 0) is 0 Å². The maximum absolute atomic E-state index is 8.24. The summed E-state index contributed by atoms with van der Waals surface area (Å²) in [4.78, 5) is 0. The van der Waals surface area contributed by atoms with Crippen molar-refractivity contribution >= 4 is 17.3 Å². The highest BCUT2D eigenvalue weighted by Crippen LogP contribution is 2.18. The van der Waals surface area contributed by atoms with Crippen LogP contribution in [0.1, 0.15) is 87.5 Å². The first-order valence-corrected chi connectivity index (χ1v) is 11.6. The molecule has 0 rings (SSSR count). The quantitative estimate of drug-likeness (QED) is 0.141. The first-order chi connectivity index (χ1) is 14.6. The lowest BCUT2D eigenvalue weighted by Gasteiger charge is -2.12. The van der Waals surface area contributed by atoms with Gasteiger partial charge in [-0.2, -0.15) is 0 Å². The third-order valence-corrected chi connectivity index (χ3v) is 4.32. The Balaban J connectivity index is -0.000000476. The minimum absolute atomic E-state index is 0.287. The summed E-state index contributed by atoms with van der Waals surface area (Å²) in [6, 6.07) is 0. The molecule has 3 N–H and O–H groups in total. The molecule has 0 aromatic heterocycles. The smallest absolute Gasteiger partial charge is 0.0991 e. The molecule has 3 heteroatoms. The van der Waals surface area contributed by atoms with E-state index in [-0.39, 0.29) is 5.16 Å². The zero-order chi connectivity index (χ0) is 24.8. The fraction of sp³-hybridized carbons (Fsp3) is 0.464. The van der Waals surface area contributed by atoms with E-state index in [0.29, 0.717) is 5.71 Å². The molecular formula is C28H47ClN2. The summed E-state index contributed by atoms with van der Waals surface area (Å²) in [5.74, 6) is 0. The minimum atomic E-state index is 0.287. The second kappa shape index (κ2) is 22.6. The van der Waals surface area contributed by atoms with Crippen LogP contribution in [-0.4, -0.2) is 5.71 Å². The zero-order valence-electron chi connectivity index (χ0n) is 21.4. The van der Waals surface area contributed by atoms with E-state index in [1.807, 2.05) is 58.9 Å². The van der Waals surface area contributed by atoms with Crippen molar-refractivity contribution in [2.45, 2.75) is 87.5 Å². The van der Waals surface area contributed by atoms with Gasteiger partial charge in [-0.25, -0.2) is 0 Å². The van der Waals surface area contributed by atoms with E-state index in [2.05, 4.69) is 33.9 Å². The van der Waals surface area contributed by atoms with Gasteiger partial charge in [-0.15, -0.1) is 6.58 Å². The highest BCUT2D eigenvalue weighted by Gasteiger charge is 2.09. The highest BCUT2D eigenvalue weighted by atomic mass is 35.5. The molecule has 0 aliphatic carbocycles. The molecule has 0 aliphatic rings. The molecule has 176 valence electrons. The van der Waals surface area contributed by atoms with Crippen molar-refractivity contribution in [1.82, 2.24) is 0 Å². The highest BCUT2D eigenvalue weighted by molar-refractivity contribution is 6.29. The van der Waals surface area contributed by atoms with E-state index >= 15 is 0 Å². The maximum atomic E-state index is 8.24. The van der Waals surface area contributed by atoms with Crippen molar-refractivity contribution in [2.75, 3.05) is 0 Å². The number of nitrogens with one attached hydrogen (secondary N) is 1. The predicted octanol–water partition coefficient (Wildman–Crippen LogP) is 9.58. The van der Waals surface area contributed by atoms with E-state index in [9.17, 15) is 0 Å². The van der Waals surface area contributed by atoms with Gasteiger partial charge in [-0.1, -0.05) is 86.9 Å². The molecule has 0 fully saturated rings. The molecule has 31 heavy (non-hydrogen) atoms. The molecule has 0 aromatic carbocycles. The number of hydrogen-bond donors (Lipinski definition) is 2. The van der Waals surface area contributed by atoms with Crippen LogP contribution in [0.25, 0.3) is 0 Å². The Morgan fingerprint density at radius 2 is 1.61 bits per heavy atom. The topological polar surface area (TPSA) is 49.9 Å². The van der Waals surface area contributed by atoms with Gasteiger partial charge in [-0.3, -0.25) is 0 Å². The van der Waals surface area contributed by atoms with Gasteiger partial charge >= 0.3 is 0 Å². The van der Waals surface area contributed by atoms with E-state index in [1.165, 1.54) is 17.6 Å². The number of halogens is 1. The lowest BCUT2D eigenvalue weighted by molar-refractivity contribution is 0.797. The Labute approximate surface area is 198 Å². The van der Waals surface area contributed by atoms with Crippen molar-refractivity contribution in [3.05, 3.63) is 82.6 Å². The molecule has 0 atom stereocenters. The predicted molar refractivity (Wildman–Crippen MR) is 146 cm³/mol. The molecule has 0 aliphatic heterocycles. The molecule has 0 bridgehead atoms. The lowest BCUT2D eigenvalue weighted by Crippen LogP contribution is -2.06. The summed E-state index contributed by atoms with van der Waals surface area (Å²) in [5, 5.41) is 8.52. The average molecular weight is 447 g/mol. The van der Waals surface area contributed by atoms with E-state index in [1.54, 1.807) is 12.2 Å². The Bertz CT molecular complexity index is 678. The van der Waals surface area contributed by atoms with Crippen LogP contribution < -0.4 is 5.73 Å². The molecule has 0 saturated heterocycles. The van der Waals surface area contributed by atoms with E-state index < -0.39 is 0 Å². The summed E-state index contributed by atoms with van der Waals surface area (Å²) in [6.45, 7) is 23.9. The third-order valence-electron chi connectivity index (χ3n) is 4.19. The van der Waals surface area contributed by atoms with Crippen LogP contribution in [0.4, 0.5) is 0 Å². The molecule has 0 spiro atoms. The molecule has 0 aromatic rings. The molecular weight excluding hydrogens is 400 g/mol. The summed E-state index contributed by atoms with van der Waals surface area (Å²) < 4.78 is 0. The largest absolute Gasteiger partial charge is 0.389 e. The Hall–Kier alpha value is -2.06. The monoisotopic (exact) mass is 446 g/mol. The second-order valence-electron chi connectivity index (χ2n) is 7.16. The third kappa shape index (κ3) is 19.6. The van der Waals surface area contributed by atoms with Gasteiger partial charge in [0.25, 0.3) is 0 Å². The summed E-state index contributed by atoms with van der Waals surface area (Å²) >= 11 is 5.48. The van der Waals surface area contributed by atoms with Crippen molar-refractivity contribution in [3.8, 4) is 0 Å². The van der Waals surface area contributed by atoms with E-state index in [0.717, 1.165) is 42.4 Å². The van der Waals surface area contributed by atoms with Crippen molar-refractivity contribution in [3.63, 3.8) is 0 Å². The van der Waals surface area contributed by atoms with Crippen molar-refractivity contribution < 1.29 is 0 Å². The fourth-order valence-electron chi connectivity index (χ4n) is 2.45. The molecule has 0 amide bonds. The number of nitrogens with two attached hydrogens (primary N) is 1. The lowest BCUT2D eigenvalue weighted by atomic mass is 9.94. The number of unbranched alkanes of at least 4 members (excludes halogenated alkanes) is 1. The second-order valence-corrected chi connectivity index (χ2v) is 7.59. The van der Waals surface area contributed by atoms with Gasteiger partial charge in [0.1, 0.15) is 0 Å². The first-order valence-electron chi connectivity index (χ1n) is 11.3. The minimum Gasteiger partial charge on any atom is -0.389 e. The van der Waals surface area contributed by atoms with Crippen molar-refractivity contribution in [1.29, 1.82) is 5.41 Å². The molecule has 0 saturated carbocycles. The summed E-state index contributed by atoms with van der Waals surface area (Å²) in [5.41, 5.74) is 11.7. The van der Waals surface area contributed by atoms with Gasteiger partial charge in [-0.05, 0) is 83.1 Å². The van der Waals surface area contributed by atoms with E-state index in [4.69, 9.17) is 22.7 Å². The van der Waals surface area contributed by atoms with Gasteiger partial charge in [0.15, 0.2) is 0 Å². The summed E-state index contributed by atoms with van der Waals surface area (Å²) in [7, 11) is 0. The fourth-order valence-corrected chi connectivity index (χ4v) is 2.52. The van der Waals surface area contributed by atoms with Crippen LogP contribution in [0.2, 0.25) is 0 Å². The van der Waals surface area contributed by atoms with Gasteiger partial charge in [0.2, 0.25) is 0 Å². The SMILES string of the molecule is C/C=C\C(=C/C)C(=N)C(CCCC)=C(C)C.C=C/C(=C\C=C(/N)Cl)CCC(=C)C.CC. The van der Waals surface area contributed by atoms with Crippen molar-refractivity contribution in [2.24, 2.45) is 5.73 Å². The van der Waals surface area contributed by atoms with Gasteiger partial charge < -0.3 is 11.1 Å². The Kier molecular flexibility index (Phi) is 24.5.